The van der Waals surface area contributed by atoms with Crippen molar-refractivity contribution in [2.45, 2.75) is 6.42 Å². The molecular weight excluding hydrogens is 178 g/mol. The number of aromatic hydroxyl groups is 1. The van der Waals surface area contributed by atoms with Crippen LogP contribution in [0, 0.1) is 0 Å². The molecule has 0 amide bonds. The van der Waals surface area contributed by atoms with Crippen LogP contribution in [0.4, 0.5) is 0 Å². The third-order valence-electron chi connectivity index (χ3n) is 2.26. The highest BCUT2D eigenvalue weighted by atomic mass is 16.3. The van der Waals surface area contributed by atoms with Gasteiger partial charge in [0.25, 0.3) is 0 Å². The average molecular weight is 191 g/mol. The van der Waals surface area contributed by atoms with Crippen molar-refractivity contribution in [1.29, 1.82) is 0 Å². The molecule has 1 aromatic heterocycles. The number of aromatic nitrogens is 2. The van der Waals surface area contributed by atoms with E-state index in [1.165, 1.54) is 0 Å². The van der Waals surface area contributed by atoms with E-state index in [0.717, 1.165) is 29.6 Å². The van der Waals surface area contributed by atoms with Gasteiger partial charge in [-0.1, -0.05) is 6.07 Å². The fourth-order valence-electron chi connectivity index (χ4n) is 1.55. The summed E-state index contributed by atoms with van der Waals surface area (Å²) >= 11 is 0. The second-order valence-electron chi connectivity index (χ2n) is 3.23. The van der Waals surface area contributed by atoms with Crippen molar-refractivity contribution < 1.29 is 5.11 Å². The predicted molar refractivity (Wildman–Crippen MR) is 55.4 cm³/mol. The molecule has 1 heterocycles. The number of fused-ring (bicyclic) bond motifs is 1. The van der Waals surface area contributed by atoms with E-state index in [2.05, 4.69) is 15.5 Å². The number of aromatic amines is 1. The van der Waals surface area contributed by atoms with Crippen LogP contribution in [0.3, 0.4) is 0 Å². The summed E-state index contributed by atoms with van der Waals surface area (Å²) < 4.78 is 0. The molecule has 0 saturated carbocycles. The van der Waals surface area contributed by atoms with Crippen LogP contribution in [-0.2, 0) is 6.42 Å². The zero-order valence-electron chi connectivity index (χ0n) is 8.04. The van der Waals surface area contributed by atoms with Crippen molar-refractivity contribution in [3.8, 4) is 5.75 Å². The van der Waals surface area contributed by atoms with Gasteiger partial charge >= 0.3 is 0 Å². The minimum atomic E-state index is 0.294. The molecule has 1 aromatic carbocycles. The van der Waals surface area contributed by atoms with Gasteiger partial charge in [-0.2, -0.15) is 5.10 Å². The molecule has 0 spiro atoms. The van der Waals surface area contributed by atoms with E-state index >= 15 is 0 Å². The first-order valence-corrected chi connectivity index (χ1v) is 4.62. The van der Waals surface area contributed by atoms with Gasteiger partial charge in [-0.15, -0.1) is 0 Å². The zero-order valence-corrected chi connectivity index (χ0v) is 8.04. The van der Waals surface area contributed by atoms with Gasteiger partial charge in [-0.3, -0.25) is 5.10 Å². The van der Waals surface area contributed by atoms with Crippen molar-refractivity contribution in [2.75, 3.05) is 13.6 Å². The molecule has 0 atom stereocenters. The fraction of sp³-hybridized carbons (Fsp3) is 0.300. The smallest absolute Gasteiger partial charge is 0.126 e. The van der Waals surface area contributed by atoms with Gasteiger partial charge in [0.15, 0.2) is 0 Å². The molecule has 3 N–H and O–H groups in total. The molecular formula is C10H13N3O. The number of likely N-dealkylation sites (N-methyl/N-ethyl adjacent to an activating group) is 1. The standard InChI is InChI=1S/C10H13N3O/c1-11-6-5-8-10-7(12-13-8)3-2-4-9(10)14/h2-4,11,14H,5-6H2,1H3,(H,12,13). The molecule has 4 nitrogen and oxygen atoms in total. The number of hydrogen-bond acceptors (Lipinski definition) is 3. The summed E-state index contributed by atoms with van der Waals surface area (Å²) in [5, 5.41) is 20.6. The number of H-pyrrole nitrogens is 1. The molecule has 0 unspecified atom stereocenters. The van der Waals surface area contributed by atoms with Gasteiger partial charge in [0, 0.05) is 18.7 Å². The Balaban J connectivity index is 2.45. The first-order valence-electron chi connectivity index (χ1n) is 4.62. The lowest BCUT2D eigenvalue weighted by Crippen LogP contribution is -2.10. The maximum absolute atomic E-state index is 9.66. The van der Waals surface area contributed by atoms with Gasteiger partial charge in [0.05, 0.1) is 10.9 Å². The molecule has 0 saturated heterocycles. The normalized spacial score (nSPS) is 10.9. The van der Waals surface area contributed by atoms with Gasteiger partial charge in [-0.05, 0) is 19.2 Å². The number of phenolic OH excluding ortho intramolecular Hbond substituents is 1. The lowest BCUT2D eigenvalue weighted by atomic mass is 10.1. The SMILES string of the molecule is CNCCc1[nH]nc2cccc(O)c12. The Morgan fingerprint density at radius 2 is 2.36 bits per heavy atom. The minimum absolute atomic E-state index is 0.294. The third kappa shape index (κ3) is 1.44. The summed E-state index contributed by atoms with van der Waals surface area (Å²) in [5.41, 5.74) is 1.79. The van der Waals surface area contributed by atoms with Gasteiger partial charge < -0.3 is 10.4 Å². The quantitative estimate of drug-likeness (QED) is 0.679. The Morgan fingerprint density at radius 3 is 3.14 bits per heavy atom. The summed E-state index contributed by atoms with van der Waals surface area (Å²) in [5.74, 6) is 0.294. The molecule has 14 heavy (non-hydrogen) atoms. The molecule has 2 rings (SSSR count). The van der Waals surface area contributed by atoms with Crippen LogP contribution in [0.25, 0.3) is 10.9 Å². The molecule has 0 radical (unpaired) electrons. The number of benzene rings is 1. The first-order chi connectivity index (χ1) is 6.83. The van der Waals surface area contributed by atoms with Gasteiger partial charge in [-0.25, -0.2) is 0 Å². The predicted octanol–water partition coefficient (Wildman–Crippen LogP) is 1.03. The van der Waals surface area contributed by atoms with Crippen LogP contribution in [0.5, 0.6) is 5.75 Å². The number of rotatable bonds is 3. The summed E-state index contributed by atoms with van der Waals surface area (Å²) in [7, 11) is 1.90. The van der Waals surface area contributed by atoms with E-state index in [0.29, 0.717) is 5.75 Å². The van der Waals surface area contributed by atoms with Crippen LogP contribution >= 0.6 is 0 Å². The Hall–Kier alpha value is -1.55. The first kappa shape index (κ1) is 9.02. The monoisotopic (exact) mass is 191 g/mol. The van der Waals surface area contributed by atoms with Crippen molar-refractivity contribution in [1.82, 2.24) is 15.5 Å². The Kier molecular flexibility index (Phi) is 2.37. The molecule has 0 fully saturated rings. The molecule has 0 aliphatic heterocycles. The summed E-state index contributed by atoms with van der Waals surface area (Å²) in [6.07, 6.45) is 0.838. The Labute approximate surface area is 81.9 Å². The second kappa shape index (κ2) is 3.67. The Bertz CT molecular complexity index is 436. The summed E-state index contributed by atoms with van der Waals surface area (Å²) in [6, 6.07) is 5.36. The van der Waals surface area contributed by atoms with Crippen molar-refractivity contribution in [3.05, 3.63) is 23.9 Å². The van der Waals surface area contributed by atoms with E-state index in [1.54, 1.807) is 12.1 Å². The largest absolute Gasteiger partial charge is 0.507 e. The minimum Gasteiger partial charge on any atom is -0.507 e. The van der Waals surface area contributed by atoms with E-state index in [9.17, 15) is 5.11 Å². The van der Waals surface area contributed by atoms with E-state index in [4.69, 9.17) is 0 Å². The topological polar surface area (TPSA) is 60.9 Å². The zero-order chi connectivity index (χ0) is 9.97. The number of nitrogens with one attached hydrogen (secondary N) is 2. The highest BCUT2D eigenvalue weighted by molar-refractivity contribution is 5.87. The molecule has 0 aliphatic rings. The lowest BCUT2D eigenvalue weighted by Gasteiger charge is -1.99. The maximum Gasteiger partial charge on any atom is 0.126 e. The number of phenols is 1. The average Bonchev–Trinajstić information content (AvgIpc) is 2.59. The maximum atomic E-state index is 9.66. The highest BCUT2D eigenvalue weighted by Crippen LogP contribution is 2.25. The molecule has 4 heteroatoms. The summed E-state index contributed by atoms with van der Waals surface area (Å²) in [4.78, 5) is 0. The lowest BCUT2D eigenvalue weighted by molar-refractivity contribution is 0.481. The van der Waals surface area contributed by atoms with Crippen LogP contribution in [0.2, 0.25) is 0 Å². The fourth-order valence-corrected chi connectivity index (χ4v) is 1.55. The third-order valence-corrected chi connectivity index (χ3v) is 2.26. The number of hydrogen-bond donors (Lipinski definition) is 3. The van der Waals surface area contributed by atoms with Crippen molar-refractivity contribution in [3.63, 3.8) is 0 Å². The van der Waals surface area contributed by atoms with Crippen LogP contribution in [0.15, 0.2) is 18.2 Å². The van der Waals surface area contributed by atoms with Crippen molar-refractivity contribution in [2.24, 2.45) is 0 Å². The summed E-state index contributed by atoms with van der Waals surface area (Å²) in [6.45, 7) is 0.867. The van der Waals surface area contributed by atoms with E-state index in [-0.39, 0.29) is 0 Å². The molecule has 2 aromatic rings. The molecule has 0 bridgehead atoms. The van der Waals surface area contributed by atoms with E-state index in [1.807, 2.05) is 13.1 Å². The van der Waals surface area contributed by atoms with E-state index < -0.39 is 0 Å². The second-order valence-corrected chi connectivity index (χ2v) is 3.23. The van der Waals surface area contributed by atoms with Crippen LogP contribution in [-0.4, -0.2) is 28.9 Å². The van der Waals surface area contributed by atoms with Gasteiger partial charge in [0.2, 0.25) is 0 Å². The number of nitrogens with zero attached hydrogens (tertiary/aromatic N) is 1. The molecule has 74 valence electrons. The highest BCUT2D eigenvalue weighted by Gasteiger charge is 2.07. The van der Waals surface area contributed by atoms with Crippen molar-refractivity contribution >= 4 is 10.9 Å². The Morgan fingerprint density at radius 1 is 1.50 bits per heavy atom. The van der Waals surface area contributed by atoms with Crippen LogP contribution < -0.4 is 5.32 Å². The van der Waals surface area contributed by atoms with Crippen LogP contribution in [0.1, 0.15) is 5.69 Å². The van der Waals surface area contributed by atoms with Gasteiger partial charge in [0.1, 0.15) is 5.75 Å². The molecule has 0 aliphatic carbocycles.